The van der Waals surface area contributed by atoms with Gasteiger partial charge in [-0.25, -0.2) is 0 Å². The summed E-state index contributed by atoms with van der Waals surface area (Å²) in [6, 6.07) is 3.99. The molecule has 0 aromatic carbocycles. The Bertz CT molecular complexity index is 417. The van der Waals surface area contributed by atoms with Crippen LogP contribution in [0.1, 0.15) is 43.9 Å². The van der Waals surface area contributed by atoms with Gasteiger partial charge in [-0.1, -0.05) is 13.0 Å². The van der Waals surface area contributed by atoms with Gasteiger partial charge in [-0.05, 0) is 50.2 Å². The SMILES string of the molecule is Cc1cccnc1CNCC(O)COC1CCC(C)CC1. The van der Waals surface area contributed by atoms with Crippen LogP contribution in [-0.2, 0) is 11.3 Å². The van der Waals surface area contributed by atoms with E-state index in [1.807, 2.05) is 19.1 Å². The van der Waals surface area contributed by atoms with E-state index in [-0.39, 0.29) is 0 Å². The van der Waals surface area contributed by atoms with Crippen LogP contribution in [0.2, 0.25) is 0 Å². The molecule has 4 heteroatoms. The molecule has 1 unspecified atom stereocenters. The van der Waals surface area contributed by atoms with Crippen LogP contribution < -0.4 is 5.32 Å². The number of aliphatic hydroxyl groups is 1. The smallest absolute Gasteiger partial charge is 0.0897 e. The lowest BCUT2D eigenvalue weighted by Gasteiger charge is -2.27. The molecule has 0 spiro atoms. The van der Waals surface area contributed by atoms with Crippen molar-refractivity contribution in [2.75, 3.05) is 13.2 Å². The quantitative estimate of drug-likeness (QED) is 0.810. The van der Waals surface area contributed by atoms with E-state index >= 15 is 0 Å². The molecule has 1 aliphatic carbocycles. The van der Waals surface area contributed by atoms with E-state index in [4.69, 9.17) is 4.74 Å². The fourth-order valence-electron chi connectivity index (χ4n) is 2.76. The largest absolute Gasteiger partial charge is 0.389 e. The Labute approximate surface area is 127 Å². The number of hydrogen-bond donors (Lipinski definition) is 2. The van der Waals surface area contributed by atoms with Gasteiger partial charge in [0.05, 0.1) is 24.5 Å². The second-order valence-electron chi connectivity index (χ2n) is 6.27. The van der Waals surface area contributed by atoms with E-state index in [0.29, 0.717) is 25.8 Å². The topological polar surface area (TPSA) is 54.4 Å². The number of aryl methyl sites for hydroxylation is 1. The monoisotopic (exact) mass is 292 g/mol. The molecule has 1 aromatic rings. The number of hydrogen-bond acceptors (Lipinski definition) is 4. The van der Waals surface area contributed by atoms with Crippen LogP contribution in [0, 0.1) is 12.8 Å². The third kappa shape index (κ3) is 5.73. The molecule has 0 bridgehead atoms. The van der Waals surface area contributed by atoms with E-state index in [9.17, 15) is 5.11 Å². The van der Waals surface area contributed by atoms with E-state index < -0.39 is 6.10 Å². The highest BCUT2D eigenvalue weighted by Crippen LogP contribution is 2.25. The Morgan fingerprint density at radius 3 is 2.86 bits per heavy atom. The summed E-state index contributed by atoms with van der Waals surface area (Å²) in [6.45, 7) is 6.00. The predicted octanol–water partition coefficient (Wildman–Crippen LogP) is 2.44. The fraction of sp³-hybridized carbons (Fsp3) is 0.706. The molecule has 1 heterocycles. The molecule has 4 nitrogen and oxygen atoms in total. The van der Waals surface area contributed by atoms with Crippen LogP contribution in [0.5, 0.6) is 0 Å². The van der Waals surface area contributed by atoms with E-state index in [1.54, 1.807) is 6.20 Å². The van der Waals surface area contributed by atoms with Crippen LogP contribution in [0.3, 0.4) is 0 Å². The first kappa shape index (κ1) is 16.4. The summed E-state index contributed by atoms with van der Waals surface area (Å²) in [5.41, 5.74) is 2.21. The lowest BCUT2D eigenvalue weighted by molar-refractivity contribution is -0.0278. The number of aromatic nitrogens is 1. The van der Waals surface area contributed by atoms with E-state index in [1.165, 1.54) is 18.4 Å². The van der Waals surface area contributed by atoms with Gasteiger partial charge in [0.25, 0.3) is 0 Å². The van der Waals surface area contributed by atoms with Gasteiger partial charge in [-0.15, -0.1) is 0 Å². The summed E-state index contributed by atoms with van der Waals surface area (Å²) in [5.74, 6) is 0.832. The third-order valence-electron chi connectivity index (χ3n) is 4.28. The Morgan fingerprint density at radius 2 is 2.14 bits per heavy atom. The Hall–Kier alpha value is -0.970. The summed E-state index contributed by atoms with van der Waals surface area (Å²) in [4.78, 5) is 4.33. The zero-order valence-electron chi connectivity index (χ0n) is 13.2. The number of nitrogens with zero attached hydrogens (tertiary/aromatic N) is 1. The molecule has 1 fully saturated rings. The Balaban J connectivity index is 1.59. The van der Waals surface area contributed by atoms with Gasteiger partial charge in [0.2, 0.25) is 0 Å². The Morgan fingerprint density at radius 1 is 1.38 bits per heavy atom. The summed E-state index contributed by atoms with van der Waals surface area (Å²) in [5, 5.41) is 13.2. The summed E-state index contributed by atoms with van der Waals surface area (Å²) in [6.07, 6.45) is 6.45. The van der Waals surface area contributed by atoms with E-state index in [0.717, 1.165) is 24.5 Å². The van der Waals surface area contributed by atoms with Crippen LogP contribution in [0.4, 0.5) is 0 Å². The summed E-state index contributed by atoms with van der Waals surface area (Å²) >= 11 is 0. The maximum atomic E-state index is 9.97. The molecule has 0 aliphatic heterocycles. The maximum absolute atomic E-state index is 9.97. The highest BCUT2D eigenvalue weighted by molar-refractivity contribution is 5.17. The van der Waals surface area contributed by atoms with Crippen molar-refractivity contribution in [1.82, 2.24) is 10.3 Å². The highest BCUT2D eigenvalue weighted by Gasteiger charge is 2.19. The van der Waals surface area contributed by atoms with Crippen molar-refractivity contribution in [2.24, 2.45) is 5.92 Å². The molecule has 0 saturated heterocycles. The number of aliphatic hydroxyl groups excluding tert-OH is 1. The molecule has 2 rings (SSSR count). The van der Waals surface area contributed by atoms with Crippen molar-refractivity contribution in [3.8, 4) is 0 Å². The van der Waals surface area contributed by atoms with Crippen molar-refractivity contribution in [3.05, 3.63) is 29.6 Å². The van der Waals surface area contributed by atoms with Gasteiger partial charge in [0, 0.05) is 19.3 Å². The van der Waals surface area contributed by atoms with Gasteiger partial charge in [0.1, 0.15) is 0 Å². The zero-order chi connectivity index (χ0) is 15.1. The van der Waals surface area contributed by atoms with Crippen LogP contribution in [0.25, 0.3) is 0 Å². The second kappa shape index (κ2) is 8.47. The van der Waals surface area contributed by atoms with Gasteiger partial charge >= 0.3 is 0 Å². The first-order valence-electron chi connectivity index (χ1n) is 8.06. The molecule has 1 aliphatic rings. The second-order valence-corrected chi connectivity index (χ2v) is 6.27. The minimum atomic E-state index is -0.451. The van der Waals surface area contributed by atoms with Crippen LogP contribution in [0.15, 0.2) is 18.3 Å². The summed E-state index contributed by atoms with van der Waals surface area (Å²) in [7, 11) is 0. The molecule has 1 atom stereocenters. The number of pyridine rings is 1. The number of ether oxygens (including phenoxy) is 1. The predicted molar refractivity (Wildman–Crippen MR) is 84.1 cm³/mol. The fourth-order valence-corrected chi connectivity index (χ4v) is 2.76. The lowest BCUT2D eigenvalue weighted by atomic mass is 9.89. The van der Waals surface area contributed by atoms with Crippen molar-refractivity contribution >= 4 is 0 Å². The molecule has 1 saturated carbocycles. The van der Waals surface area contributed by atoms with Gasteiger partial charge in [-0.3, -0.25) is 4.98 Å². The summed E-state index contributed by atoms with van der Waals surface area (Å²) < 4.78 is 5.81. The minimum absolute atomic E-state index is 0.342. The average Bonchev–Trinajstić information content (AvgIpc) is 2.49. The molecule has 1 aromatic heterocycles. The zero-order valence-corrected chi connectivity index (χ0v) is 13.2. The van der Waals surface area contributed by atoms with Gasteiger partial charge < -0.3 is 15.2 Å². The van der Waals surface area contributed by atoms with Gasteiger partial charge in [0.15, 0.2) is 0 Å². The van der Waals surface area contributed by atoms with Crippen molar-refractivity contribution in [2.45, 2.75) is 58.3 Å². The van der Waals surface area contributed by atoms with Crippen molar-refractivity contribution < 1.29 is 9.84 Å². The molecule has 118 valence electrons. The normalized spacial score (nSPS) is 24.0. The standard InChI is InChI=1S/C17H28N2O2/c1-13-5-7-16(8-6-13)21-12-15(20)10-18-11-17-14(2)4-3-9-19-17/h3-4,9,13,15-16,18,20H,5-8,10-12H2,1-2H3. The molecule has 2 N–H and O–H groups in total. The van der Waals surface area contributed by atoms with Crippen molar-refractivity contribution in [3.63, 3.8) is 0 Å². The maximum Gasteiger partial charge on any atom is 0.0897 e. The average molecular weight is 292 g/mol. The number of rotatable bonds is 7. The number of nitrogens with one attached hydrogen (secondary N) is 1. The lowest BCUT2D eigenvalue weighted by Crippen LogP contribution is -2.33. The minimum Gasteiger partial charge on any atom is -0.389 e. The van der Waals surface area contributed by atoms with Crippen LogP contribution >= 0.6 is 0 Å². The molecule has 0 amide bonds. The first-order chi connectivity index (χ1) is 10.1. The molecule has 21 heavy (non-hydrogen) atoms. The molecule has 0 radical (unpaired) electrons. The third-order valence-corrected chi connectivity index (χ3v) is 4.28. The molecular formula is C17H28N2O2. The van der Waals surface area contributed by atoms with Crippen molar-refractivity contribution in [1.29, 1.82) is 0 Å². The molecular weight excluding hydrogens is 264 g/mol. The highest BCUT2D eigenvalue weighted by atomic mass is 16.5. The van der Waals surface area contributed by atoms with E-state index in [2.05, 4.69) is 17.2 Å². The van der Waals surface area contributed by atoms with Crippen LogP contribution in [-0.4, -0.2) is 35.5 Å². The van der Waals surface area contributed by atoms with Gasteiger partial charge in [-0.2, -0.15) is 0 Å². The first-order valence-corrected chi connectivity index (χ1v) is 8.06. The Kier molecular flexibility index (Phi) is 6.61.